The molecule has 29 heavy (non-hydrogen) atoms. The van der Waals surface area contributed by atoms with Crippen molar-refractivity contribution in [3.63, 3.8) is 0 Å². The lowest BCUT2D eigenvalue weighted by molar-refractivity contribution is -0.115. The summed E-state index contributed by atoms with van der Waals surface area (Å²) >= 11 is 2.87. The molecule has 2 aromatic heterocycles. The molecular formula is C19H17N7OS2. The minimum atomic E-state index is -0.442. The van der Waals surface area contributed by atoms with Crippen LogP contribution in [-0.4, -0.2) is 36.3 Å². The van der Waals surface area contributed by atoms with Gasteiger partial charge >= 0.3 is 0 Å². The lowest BCUT2D eigenvalue weighted by Crippen LogP contribution is -2.19. The lowest BCUT2D eigenvalue weighted by atomic mass is 10.1. The number of anilines is 1. The molecule has 0 aliphatic carbocycles. The standard InChI is InChI=1S/C19H17N7OS2/c1-12-21-25-26(24-12)16-10-8-15(9-11-16)20-18(27)17(14-6-4-3-5-7-14)29-19-23-22-13(2)28-19/h3-11,17H,1-2H3,(H,20,27)/t17-/m0/s1. The van der Waals surface area contributed by atoms with Crippen LogP contribution in [-0.2, 0) is 4.79 Å². The normalized spacial score (nSPS) is 11.9. The number of aromatic nitrogens is 6. The summed E-state index contributed by atoms with van der Waals surface area (Å²) < 4.78 is 0.759. The maximum atomic E-state index is 13.1. The zero-order valence-electron chi connectivity index (χ0n) is 15.7. The predicted molar refractivity (Wildman–Crippen MR) is 112 cm³/mol. The molecule has 8 nitrogen and oxygen atoms in total. The van der Waals surface area contributed by atoms with Gasteiger partial charge in [0.25, 0.3) is 0 Å². The molecule has 146 valence electrons. The number of hydrogen-bond donors (Lipinski definition) is 1. The van der Waals surface area contributed by atoms with E-state index in [-0.39, 0.29) is 5.91 Å². The zero-order valence-corrected chi connectivity index (χ0v) is 17.3. The highest BCUT2D eigenvalue weighted by Crippen LogP contribution is 2.37. The number of carbonyl (C=O) groups excluding carboxylic acids is 1. The van der Waals surface area contributed by atoms with Crippen LogP contribution in [0.5, 0.6) is 0 Å². The largest absolute Gasteiger partial charge is 0.325 e. The van der Waals surface area contributed by atoms with Crippen LogP contribution in [0.3, 0.4) is 0 Å². The first-order valence-corrected chi connectivity index (χ1v) is 10.5. The molecule has 0 saturated carbocycles. The van der Waals surface area contributed by atoms with Crippen molar-refractivity contribution in [1.29, 1.82) is 0 Å². The second kappa shape index (κ2) is 8.50. The summed E-state index contributed by atoms with van der Waals surface area (Å²) in [6, 6.07) is 16.9. The molecule has 2 aromatic carbocycles. The van der Waals surface area contributed by atoms with Crippen molar-refractivity contribution in [3.05, 3.63) is 71.0 Å². The number of benzene rings is 2. The van der Waals surface area contributed by atoms with E-state index in [0.29, 0.717) is 11.5 Å². The Bertz CT molecular complexity index is 1110. The molecule has 0 radical (unpaired) electrons. The molecule has 1 amide bonds. The average molecular weight is 424 g/mol. The fourth-order valence-electron chi connectivity index (χ4n) is 2.61. The van der Waals surface area contributed by atoms with Crippen LogP contribution in [0.1, 0.15) is 21.6 Å². The van der Waals surface area contributed by atoms with Crippen molar-refractivity contribution in [3.8, 4) is 5.69 Å². The van der Waals surface area contributed by atoms with Gasteiger partial charge in [-0.3, -0.25) is 4.79 Å². The minimum Gasteiger partial charge on any atom is -0.325 e. The molecule has 0 aliphatic heterocycles. The van der Waals surface area contributed by atoms with E-state index in [1.165, 1.54) is 27.9 Å². The van der Waals surface area contributed by atoms with Gasteiger partial charge in [-0.1, -0.05) is 53.4 Å². The van der Waals surface area contributed by atoms with Crippen molar-refractivity contribution in [2.45, 2.75) is 23.4 Å². The monoisotopic (exact) mass is 423 g/mol. The molecule has 0 aliphatic rings. The van der Waals surface area contributed by atoms with Gasteiger partial charge in [0, 0.05) is 5.69 Å². The molecule has 0 bridgehead atoms. The highest BCUT2D eigenvalue weighted by Gasteiger charge is 2.24. The molecule has 0 spiro atoms. The predicted octanol–water partition coefficient (Wildman–Crippen LogP) is 3.60. The van der Waals surface area contributed by atoms with E-state index >= 15 is 0 Å². The Hall–Kier alpha value is -3.11. The summed E-state index contributed by atoms with van der Waals surface area (Å²) in [6.45, 7) is 3.67. The first-order chi connectivity index (χ1) is 14.1. The van der Waals surface area contributed by atoms with E-state index in [9.17, 15) is 4.79 Å². The number of nitrogens with zero attached hydrogens (tertiary/aromatic N) is 6. The summed E-state index contributed by atoms with van der Waals surface area (Å²) in [5.41, 5.74) is 2.36. The Balaban J connectivity index is 1.53. The van der Waals surface area contributed by atoms with Crippen molar-refractivity contribution >= 4 is 34.7 Å². The fourth-order valence-corrected chi connectivity index (χ4v) is 4.61. The molecule has 4 aromatic rings. The number of nitrogens with one attached hydrogen (secondary N) is 1. The minimum absolute atomic E-state index is 0.128. The Morgan fingerprint density at radius 3 is 2.41 bits per heavy atom. The van der Waals surface area contributed by atoms with Crippen LogP contribution < -0.4 is 5.32 Å². The third-order valence-electron chi connectivity index (χ3n) is 3.95. The van der Waals surface area contributed by atoms with E-state index in [0.717, 1.165) is 20.6 Å². The van der Waals surface area contributed by atoms with Crippen LogP contribution in [0.4, 0.5) is 5.69 Å². The van der Waals surface area contributed by atoms with E-state index in [1.807, 2.05) is 61.5 Å². The third-order valence-corrected chi connectivity index (χ3v) is 6.12. The highest BCUT2D eigenvalue weighted by molar-refractivity contribution is 8.01. The topological polar surface area (TPSA) is 98.5 Å². The van der Waals surface area contributed by atoms with Crippen LogP contribution in [0.2, 0.25) is 0 Å². The molecule has 0 fully saturated rings. The van der Waals surface area contributed by atoms with Crippen molar-refractivity contribution in [2.24, 2.45) is 0 Å². The van der Waals surface area contributed by atoms with Gasteiger partial charge in [0.05, 0.1) is 5.69 Å². The quantitative estimate of drug-likeness (QED) is 0.473. The van der Waals surface area contributed by atoms with Crippen molar-refractivity contribution in [2.75, 3.05) is 5.32 Å². The molecule has 1 N–H and O–H groups in total. The second-order valence-electron chi connectivity index (χ2n) is 6.16. The van der Waals surface area contributed by atoms with Gasteiger partial charge in [-0.15, -0.1) is 25.2 Å². The van der Waals surface area contributed by atoms with Crippen molar-refractivity contribution in [1.82, 2.24) is 30.4 Å². The lowest BCUT2D eigenvalue weighted by Gasteiger charge is -2.15. The highest BCUT2D eigenvalue weighted by atomic mass is 32.2. The summed E-state index contributed by atoms with van der Waals surface area (Å²) in [6.07, 6.45) is 0. The number of carbonyl (C=O) groups is 1. The van der Waals surface area contributed by atoms with Gasteiger partial charge in [-0.2, -0.15) is 0 Å². The van der Waals surface area contributed by atoms with Crippen LogP contribution >= 0.6 is 23.1 Å². The Kier molecular flexibility index (Phi) is 5.63. The average Bonchev–Trinajstić information content (AvgIpc) is 3.35. The fraction of sp³-hybridized carbons (Fsp3) is 0.158. The SMILES string of the molecule is Cc1nnn(-c2ccc(NC(=O)[C@@H](Sc3nnc(C)s3)c3ccccc3)cc2)n1. The van der Waals surface area contributed by atoms with E-state index in [4.69, 9.17) is 0 Å². The van der Waals surface area contributed by atoms with Crippen LogP contribution in [0.25, 0.3) is 5.69 Å². The van der Waals surface area contributed by atoms with Crippen molar-refractivity contribution < 1.29 is 4.79 Å². The number of hydrogen-bond acceptors (Lipinski definition) is 8. The maximum absolute atomic E-state index is 13.1. The molecule has 1 atom stereocenters. The van der Waals surface area contributed by atoms with Gasteiger partial charge in [-0.25, -0.2) is 0 Å². The third kappa shape index (κ3) is 4.66. The molecule has 0 saturated heterocycles. The first-order valence-electron chi connectivity index (χ1n) is 8.78. The number of amides is 1. The maximum Gasteiger partial charge on any atom is 0.242 e. The van der Waals surface area contributed by atoms with Gasteiger partial charge in [-0.05, 0) is 48.9 Å². The smallest absolute Gasteiger partial charge is 0.242 e. The van der Waals surface area contributed by atoms with E-state index < -0.39 is 5.25 Å². The zero-order chi connectivity index (χ0) is 20.2. The van der Waals surface area contributed by atoms with Gasteiger partial charge in [0.1, 0.15) is 10.3 Å². The molecule has 4 rings (SSSR count). The Morgan fingerprint density at radius 2 is 1.79 bits per heavy atom. The molecule has 0 unspecified atom stereocenters. The van der Waals surface area contributed by atoms with Crippen LogP contribution in [0.15, 0.2) is 58.9 Å². The number of aryl methyl sites for hydroxylation is 2. The summed E-state index contributed by atoms with van der Waals surface area (Å²) in [5.74, 6) is 0.466. The first kappa shape index (κ1) is 19.2. The number of thioether (sulfide) groups is 1. The summed E-state index contributed by atoms with van der Waals surface area (Å²) in [4.78, 5) is 14.5. The molecule has 10 heteroatoms. The molecular weight excluding hydrogens is 406 g/mol. The Morgan fingerprint density at radius 1 is 1.03 bits per heavy atom. The van der Waals surface area contributed by atoms with Crippen LogP contribution in [0, 0.1) is 13.8 Å². The van der Waals surface area contributed by atoms with Gasteiger partial charge in [0.15, 0.2) is 10.2 Å². The van der Waals surface area contributed by atoms with Gasteiger partial charge in [0.2, 0.25) is 5.91 Å². The van der Waals surface area contributed by atoms with Gasteiger partial charge < -0.3 is 5.32 Å². The number of rotatable bonds is 6. The van der Waals surface area contributed by atoms with E-state index in [1.54, 1.807) is 6.92 Å². The summed E-state index contributed by atoms with van der Waals surface area (Å²) in [7, 11) is 0. The molecule has 2 heterocycles. The number of tetrazole rings is 1. The second-order valence-corrected chi connectivity index (χ2v) is 8.69. The summed E-state index contributed by atoms with van der Waals surface area (Å²) in [5, 5.41) is 23.6. The van der Waals surface area contributed by atoms with E-state index in [2.05, 4.69) is 30.9 Å². The Labute approximate surface area is 175 Å².